The van der Waals surface area contributed by atoms with E-state index >= 15 is 8.78 Å². The zero-order valence-electron chi connectivity index (χ0n) is 24.4. The van der Waals surface area contributed by atoms with Gasteiger partial charge in [-0.15, -0.1) is 0 Å². The largest absolute Gasteiger partial charge is 0.494 e. The van der Waals surface area contributed by atoms with E-state index in [0.717, 1.165) is 17.7 Å². The van der Waals surface area contributed by atoms with Gasteiger partial charge in [0, 0.05) is 30.3 Å². The predicted molar refractivity (Wildman–Crippen MR) is 148 cm³/mol. The molecule has 0 saturated carbocycles. The Kier molecular flexibility index (Phi) is 10.1. The van der Waals surface area contributed by atoms with Crippen molar-refractivity contribution >= 4 is 17.7 Å². The number of benzene rings is 2. The molecule has 0 bridgehead atoms. The lowest BCUT2D eigenvalue weighted by atomic mass is 9.84. The Labute approximate surface area is 234 Å². The lowest BCUT2D eigenvalue weighted by molar-refractivity contribution is -0.122. The summed E-state index contributed by atoms with van der Waals surface area (Å²) in [7, 11) is 1.54. The van der Waals surface area contributed by atoms with Crippen LogP contribution >= 0.6 is 0 Å². The third kappa shape index (κ3) is 7.69. The molecular formula is C30H40F2N2O6. The SMILES string of the molecule is CCOc1ccc2c(c1)CCN(C(=O)OC(C)(C)C)[C@H]2C(=O)Nc1cc(F)c(C(C)(C)COCCOC)c(F)c1. The van der Waals surface area contributed by atoms with E-state index < -0.39 is 40.7 Å². The maximum Gasteiger partial charge on any atom is 0.411 e. The molecule has 1 heterocycles. The number of hydrogen-bond donors (Lipinski definition) is 1. The second kappa shape index (κ2) is 13.0. The molecule has 8 nitrogen and oxygen atoms in total. The summed E-state index contributed by atoms with van der Waals surface area (Å²) in [6.45, 7) is 11.9. The minimum atomic E-state index is -1.08. The summed E-state index contributed by atoms with van der Waals surface area (Å²) in [4.78, 5) is 28.1. The van der Waals surface area contributed by atoms with E-state index in [1.807, 2.05) is 13.0 Å². The van der Waals surface area contributed by atoms with Gasteiger partial charge in [-0.25, -0.2) is 13.6 Å². The van der Waals surface area contributed by atoms with Gasteiger partial charge in [0.1, 0.15) is 29.0 Å². The maximum absolute atomic E-state index is 15.3. The second-order valence-corrected chi connectivity index (χ2v) is 11.4. The van der Waals surface area contributed by atoms with Gasteiger partial charge in [0.25, 0.3) is 5.91 Å². The number of fused-ring (bicyclic) bond motifs is 1. The smallest absolute Gasteiger partial charge is 0.411 e. The highest BCUT2D eigenvalue weighted by molar-refractivity contribution is 5.98. The van der Waals surface area contributed by atoms with E-state index in [0.29, 0.717) is 37.6 Å². The van der Waals surface area contributed by atoms with Crippen molar-refractivity contribution in [2.75, 3.05) is 45.4 Å². The van der Waals surface area contributed by atoms with E-state index in [2.05, 4.69) is 5.32 Å². The van der Waals surface area contributed by atoms with E-state index in [9.17, 15) is 9.59 Å². The highest BCUT2D eigenvalue weighted by Gasteiger charge is 2.39. The molecular weight excluding hydrogens is 522 g/mol. The fraction of sp³-hybridized carbons (Fsp3) is 0.533. The molecule has 1 N–H and O–H groups in total. The molecule has 0 radical (unpaired) electrons. The van der Waals surface area contributed by atoms with Gasteiger partial charge in [-0.2, -0.15) is 0 Å². The number of halogens is 2. The third-order valence-corrected chi connectivity index (χ3v) is 6.41. The molecule has 2 aromatic carbocycles. The molecule has 0 aromatic heterocycles. The Hall–Kier alpha value is -3.24. The standard InChI is InChI=1S/C30H40F2N2O6/c1-8-39-21-9-10-22-19(15-21)11-12-34(28(36)40-29(2,3)4)26(22)27(35)33-20-16-23(31)25(24(32)17-20)30(5,6)18-38-14-13-37-7/h9-10,15-17,26H,8,11-14,18H2,1-7H3,(H,33,35)/t26-/m1/s1. The summed E-state index contributed by atoms with van der Waals surface area (Å²) in [6.07, 6.45) is -0.172. The van der Waals surface area contributed by atoms with Crippen molar-refractivity contribution in [3.63, 3.8) is 0 Å². The van der Waals surface area contributed by atoms with Gasteiger partial charge in [-0.1, -0.05) is 19.9 Å². The molecule has 220 valence electrons. The normalized spacial score (nSPS) is 15.4. The quantitative estimate of drug-likeness (QED) is 0.370. The number of nitrogens with zero attached hydrogens (tertiary/aromatic N) is 1. The molecule has 1 aliphatic rings. The number of hydrogen-bond acceptors (Lipinski definition) is 6. The summed E-state index contributed by atoms with van der Waals surface area (Å²) < 4.78 is 52.1. The van der Waals surface area contributed by atoms with Gasteiger partial charge in [0.05, 0.1) is 26.4 Å². The number of methoxy groups -OCH3 is 1. The molecule has 0 unspecified atom stereocenters. The first-order valence-electron chi connectivity index (χ1n) is 13.4. The maximum atomic E-state index is 15.3. The van der Waals surface area contributed by atoms with Crippen LogP contribution in [0.25, 0.3) is 0 Å². The van der Waals surface area contributed by atoms with Crippen LogP contribution in [0.15, 0.2) is 30.3 Å². The van der Waals surface area contributed by atoms with Crippen molar-refractivity contribution in [1.29, 1.82) is 0 Å². The molecule has 0 spiro atoms. The molecule has 10 heteroatoms. The monoisotopic (exact) mass is 562 g/mol. The van der Waals surface area contributed by atoms with Crippen LogP contribution in [0.5, 0.6) is 5.75 Å². The van der Waals surface area contributed by atoms with Gasteiger partial charge in [0.2, 0.25) is 0 Å². The fourth-order valence-corrected chi connectivity index (χ4v) is 4.70. The molecule has 0 saturated heterocycles. The van der Waals surface area contributed by atoms with Gasteiger partial charge < -0.3 is 24.3 Å². The minimum absolute atomic E-state index is 0.0675. The number of carbonyl (C=O) groups excluding carboxylic acids is 2. The first-order valence-corrected chi connectivity index (χ1v) is 13.4. The molecule has 3 rings (SSSR count). The van der Waals surface area contributed by atoms with E-state index in [4.69, 9.17) is 18.9 Å². The molecule has 1 aliphatic heterocycles. The van der Waals surface area contributed by atoms with Crippen LogP contribution in [0.1, 0.15) is 64.3 Å². The van der Waals surface area contributed by atoms with Crippen molar-refractivity contribution in [3.05, 3.63) is 58.7 Å². The van der Waals surface area contributed by atoms with Crippen molar-refractivity contribution in [1.82, 2.24) is 4.90 Å². The zero-order chi connectivity index (χ0) is 29.7. The lowest BCUT2D eigenvalue weighted by Gasteiger charge is -2.37. The van der Waals surface area contributed by atoms with Crippen LogP contribution < -0.4 is 10.1 Å². The van der Waals surface area contributed by atoms with Crippen LogP contribution in [0.2, 0.25) is 0 Å². The Bertz CT molecular complexity index is 1190. The molecule has 2 aromatic rings. The number of anilines is 1. The molecule has 40 heavy (non-hydrogen) atoms. The number of amides is 2. The number of ether oxygens (including phenoxy) is 4. The summed E-state index contributed by atoms with van der Waals surface area (Å²) >= 11 is 0. The second-order valence-electron chi connectivity index (χ2n) is 11.4. The van der Waals surface area contributed by atoms with Crippen LogP contribution in [0.4, 0.5) is 19.3 Å². The number of nitrogens with one attached hydrogen (secondary N) is 1. The molecule has 0 fully saturated rings. The minimum Gasteiger partial charge on any atom is -0.494 e. The average molecular weight is 563 g/mol. The van der Waals surface area contributed by atoms with E-state index in [1.54, 1.807) is 46.8 Å². The van der Waals surface area contributed by atoms with Crippen LogP contribution in [0.3, 0.4) is 0 Å². The Morgan fingerprint density at radius 3 is 2.33 bits per heavy atom. The first kappa shape index (κ1) is 31.3. The van der Waals surface area contributed by atoms with Crippen molar-refractivity contribution in [2.24, 2.45) is 0 Å². The van der Waals surface area contributed by atoms with Gasteiger partial charge in [-0.05, 0) is 69.5 Å². The van der Waals surface area contributed by atoms with E-state index in [1.165, 1.54) is 12.0 Å². The highest BCUT2D eigenvalue weighted by Crippen LogP contribution is 2.36. The fourth-order valence-electron chi connectivity index (χ4n) is 4.70. The van der Waals surface area contributed by atoms with Crippen molar-refractivity contribution in [3.8, 4) is 5.75 Å². The molecule has 2 amide bonds. The van der Waals surface area contributed by atoms with Crippen molar-refractivity contribution < 1.29 is 37.3 Å². The van der Waals surface area contributed by atoms with Crippen molar-refractivity contribution in [2.45, 2.75) is 65.0 Å². The Balaban J connectivity index is 1.91. The summed E-state index contributed by atoms with van der Waals surface area (Å²) in [5.41, 5.74) is -0.539. The Morgan fingerprint density at radius 2 is 1.73 bits per heavy atom. The highest BCUT2D eigenvalue weighted by atomic mass is 19.1. The predicted octanol–water partition coefficient (Wildman–Crippen LogP) is 5.78. The van der Waals surface area contributed by atoms with Gasteiger partial charge in [-0.3, -0.25) is 9.69 Å². The topological polar surface area (TPSA) is 86.3 Å². The lowest BCUT2D eigenvalue weighted by Crippen LogP contribution is -2.47. The van der Waals surface area contributed by atoms with Crippen LogP contribution in [0, 0.1) is 11.6 Å². The summed E-state index contributed by atoms with van der Waals surface area (Å²) in [5, 5.41) is 2.61. The summed E-state index contributed by atoms with van der Waals surface area (Å²) in [5.74, 6) is -1.60. The zero-order valence-corrected chi connectivity index (χ0v) is 24.4. The number of rotatable bonds is 10. The number of carbonyl (C=O) groups is 2. The van der Waals surface area contributed by atoms with Crippen LogP contribution in [-0.2, 0) is 30.8 Å². The average Bonchev–Trinajstić information content (AvgIpc) is 2.84. The van der Waals surface area contributed by atoms with Gasteiger partial charge in [0.15, 0.2) is 0 Å². The first-order chi connectivity index (χ1) is 18.8. The van der Waals surface area contributed by atoms with Crippen LogP contribution in [-0.4, -0.2) is 62.6 Å². The third-order valence-electron chi connectivity index (χ3n) is 6.41. The Morgan fingerprint density at radius 1 is 1.05 bits per heavy atom. The van der Waals surface area contributed by atoms with E-state index in [-0.39, 0.29) is 24.4 Å². The summed E-state index contributed by atoms with van der Waals surface area (Å²) in [6, 6.07) is 6.38. The molecule has 1 atom stereocenters. The molecule has 0 aliphatic carbocycles. The van der Waals surface area contributed by atoms with Gasteiger partial charge >= 0.3 is 6.09 Å².